The Morgan fingerprint density at radius 1 is 1.28 bits per heavy atom. The third kappa shape index (κ3) is 4.73. The van der Waals surface area contributed by atoms with Crippen molar-refractivity contribution in [3.05, 3.63) is 35.4 Å². The number of primary amides is 1. The lowest BCUT2D eigenvalue weighted by Crippen LogP contribution is -2.32. The molecule has 6 heteroatoms. The van der Waals surface area contributed by atoms with Crippen molar-refractivity contribution in [1.82, 2.24) is 5.32 Å². The first-order valence-corrected chi connectivity index (χ1v) is 5.41. The van der Waals surface area contributed by atoms with Gasteiger partial charge in [-0.3, -0.25) is 9.59 Å². The van der Waals surface area contributed by atoms with Crippen LogP contribution in [0.25, 0.3) is 0 Å². The van der Waals surface area contributed by atoms with E-state index in [0.717, 1.165) is 5.56 Å². The van der Waals surface area contributed by atoms with Crippen LogP contribution in [0.2, 0.25) is 0 Å². The monoisotopic (exact) mass is 271 g/mol. The smallest absolute Gasteiger partial charge is 0.248 e. The summed E-state index contributed by atoms with van der Waals surface area (Å²) in [6.07, 6.45) is 0. The van der Waals surface area contributed by atoms with Gasteiger partial charge in [-0.25, -0.2) is 0 Å². The number of benzene rings is 1. The fourth-order valence-electron chi connectivity index (χ4n) is 1.26. The van der Waals surface area contributed by atoms with Crippen molar-refractivity contribution in [1.29, 1.82) is 0 Å². The first-order valence-electron chi connectivity index (χ1n) is 5.41. The van der Waals surface area contributed by atoms with E-state index in [1.807, 2.05) is 0 Å². The Labute approximate surface area is 112 Å². The molecule has 0 saturated heterocycles. The first kappa shape index (κ1) is 16.4. The van der Waals surface area contributed by atoms with Gasteiger partial charge in [-0.15, -0.1) is 12.4 Å². The Morgan fingerprint density at radius 2 is 1.83 bits per heavy atom. The summed E-state index contributed by atoms with van der Waals surface area (Å²) in [5, 5.41) is 2.76. The summed E-state index contributed by atoms with van der Waals surface area (Å²) >= 11 is 0. The molecule has 1 rings (SSSR count). The van der Waals surface area contributed by atoms with Crippen LogP contribution in [0.4, 0.5) is 0 Å². The Bertz CT molecular complexity index is 406. The maximum absolute atomic E-state index is 11.5. The van der Waals surface area contributed by atoms with Gasteiger partial charge in [-0.1, -0.05) is 19.1 Å². The van der Waals surface area contributed by atoms with Crippen molar-refractivity contribution in [2.75, 3.05) is 6.54 Å². The predicted octanol–water partition coefficient (Wildman–Crippen LogP) is 0.418. The molecule has 2 amide bonds. The number of hydrogen-bond acceptors (Lipinski definition) is 3. The van der Waals surface area contributed by atoms with Gasteiger partial charge in [0.1, 0.15) is 0 Å². The molecular weight excluding hydrogens is 254 g/mol. The van der Waals surface area contributed by atoms with Gasteiger partial charge in [0.2, 0.25) is 11.8 Å². The SMILES string of the molecule is CC(CN)C(=O)NCc1ccc(C(N)=O)cc1.Cl. The highest BCUT2D eigenvalue weighted by molar-refractivity contribution is 5.92. The van der Waals surface area contributed by atoms with E-state index in [1.165, 1.54) is 0 Å². The van der Waals surface area contributed by atoms with Crippen molar-refractivity contribution >= 4 is 24.2 Å². The largest absolute Gasteiger partial charge is 0.366 e. The third-order valence-electron chi connectivity index (χ3n) is 2.51. The van der Waals surface area contributed by atoms with Gasteiger partial charge in [-0.05, 0) is 17.7 Å². The van der Waals surface area contributed by atoms with Gasteiger partial charge in [-0.2, -0.15) is 0 Å². The summed E-state index contributed by atoms with van der Waals surface area (Å²) in [4.78, 5) is 22.3. The normalized spacial score (nSPS) is 11.2. The topological polar surface area (TPSA) is 98.2 Å². The van der Waals surface area contributed by atoms with Crippen LogP contribution in [0.5, 0.6) is 0 Å². The van der Waals surface area contributed by atoms with Gasteiger partial charge in [0.15, 0.2) is 0 Å². The fraction of sp³-hybridized carbons (Fsp3) is 0.333. The Hall–Kier alpha value is -1.59. The van der Waals surface area contributed by atoms with E-state index in [2.05, 4.69) is 5.32 Å². The number of nitrogens with one attached hydrogen (secondary N) is 1. The second-order valence-electron chi connectivity index (χ2n) is 3.92. The van der Waals surface area contributed by atoms with Crippen LogP contribution < -0.4 is 16.8 Å². The maximum atomic E-state index is 11.5. The minimum absolute atomic E-state index is 0. The van der Waals surface area contributed by atoms with Crippen molar-refractivity contribution in [3.63, 3.8) is 0 Å². The van der Waals surface area contributed by atoms with Crippen LogP contribution >= 0.6 is 12.4 Å². The van der Waals surface area contributed by atoms with E-state index in [9.17, 15) is 9.59 Å². The molecule has 0 heterocycles. The molecule has 0 aliphatic heterocycles. The van der Waals surface area contributed by atoms with Crippen molar-refractivity contribution in [2.45, 2.75) is 13.5 Å². The van der Waals surface area contributed by atoms with Gasteiger partial charge in [0.25, 0.3) is 0 Å². The molecule has 0 aliphatic rings. The molecule has 100 valence electrons. The highest BCUT2D eigenvalue weighted by Gasteiger charge is 2.09. The van der Waals surface area contributed by atoms with E-state index in [1.54, 1.807) is 31.2 Å². The highest BCUT2D eigenvalue weighted by Crippen LogP contribution is 2.04. The lowest BCUT2D eigenvalue weighted by atomic mass is 10.1. The number of carbonyl (C=O) groups is 2. The molecule has 0 aliphatic carbocycles. The molecule has 0 saturated carbocycles. The molecule has 1 aromatic rings. The van der Waals surface area contributed by atoms with Crippen molar-refractivity contribution in [2.24, 2.45) is 17.4 Å². The van der Waals surface area contributed by atoms with Crippen LogP contribution in [0.15, 0.2) is 24.3 Å². The van der Waals surface area contributed by atoms with Gasteiger partial charge >= 0.3 is 0 Å². The lowest BCUT2D eigenvalue weighted by Gasteiger charge is -2.09. The lowest BCUT2D eigenvalue weighted by molar-refractivity contribution is -0.124. The van der Waals surface area contributed by atoms with E-state index in [4.69, 9.17) is 11.5 Å². The molecular formula is C12H18ClN3O2. The van der Waals surface area contributed by atoms with Gasteiger partial charge in [0, 0.05) is 24.6 Å². The number of halogens is 1. The zero-order chi connectivity index (χ0) is 12.8. The number of nitrogens with two attached hydrogens (primary N) is 2. The Kier molecular flexibility index (Phi) is 7.00. The highest BCUT2D eigenvalue weighted by atomic mass is 35.5. The quantitative estimate of drug-likeness (QED) is 0.724. The summed E-state index contributed by atoms with van der Waals surface area (Å²) < 4.78 is 0. The van der Waals surface area contributed by atoms with E-state index >= 15 is 0 Å². The molecule has 0 radical (unpaired) electrons. The molecule has 1 aromatic carbocycles. The predicted molar refractivity (Wildman–Crippen MR) is 72.3 cm³/mol. The molecule has 0 bridgehead atoms. The Morgan fingerprint density at radius 3 is 2.28 bits per heavy atom. The van der Waals surface area contributed by atoms with Gasteiger partial charge < -0.3 is 16.8 Å². The van der Waals surface area contributed by atoms with Crippen LogP contribution in [0.1, 0.15) is 22.8 Å². The van der Waals surface area contributed by atoms with Crippen LogP contribution in [0.3, 0.4) is 0 Å². The second-order valence-corrected chi connectivity index (χ2v) is 3.92. The molecule has 18 heavy (non-hydrogen) atoms. The van der Waals surface area contributed by atoms with Crippen LogP contribution in [-0.4, -0.2) is 18.4 Å². The number of amides is 2. The van der Waals surface area contributed by atoms with Gasteiger partial charge in [0.05, 0.1) is 0 Å². The minimum Gasteiger partial charge on any atom is -0.366 e. The van der Waals surface area contributed by atoms with Crippen molar-refractivity contribution < 1.29 is 9.59 Å². The minimum atomic E-state index is -0.461. The van der Waals surface area contributed by atoms with Crippen LogP contribution in [-0.2, 0) is 11.3 Å². The van der Waals surface area contributed by atoms with E-state index < -0.39 is 5.91 Å². The summed E-state index contributed by atoms with van der Waals surface area (Å²) in [6, 6.07) is 6.79. The average Bonchev–Trinajstić information content (AvgIpc) is 2.35. The number of rotatable bonds is 5. The Balaban J connectivity index is 0.00000289. The summed E-state index contributed by atoms with van der Waals surface area (Å²) in [5.41, 5.74) is 11.9. The first-order chi connectivity index (χ1) is 8.04. The third-order valence-corrected chi connectivity index (χ3v) is 2.51. The zero-order valence-corrected chi connectivity index (χ0v) is 11.0. The second kappa shape index (κ2) is 7.68. The number of carbonyl (C=O) groups excluding carboxylic acids is 2. The molecule has 5 nitrogen and oxygen atoms in total. The molecule has 1 unspecified atom stereocenters. The zero-order valence-electron chi connectivity index (χ0n) is 10.2. The molecule has 0 aromatic heterocycles. The molecule has 1 atom stereocenters. The van der Waals surface area contributed by atoms with E-state index in [-0.39, 0.29) is 24.2 Å². The fourth-order valence-corrected chi connectivity index (χ4v) is 1.26. The van der Waals surface area contributed by atoms with E-state index in [0.29, 0.717) is 18.7 Å². The van der Waals surface area contributed by atoms with Crippen molar-refractivity contribution in [3.8, 4) is 0 Å². The average molecular weight is 272 g/mol. The van der Waals surface area contributed by atoms with Crippen LogP contribution in [0, 0.1) is 5.92 Å². The summed E-state index contributed by atoms with van der Waals surface area (Å²) in [6.45, 7) is 2.51. The standard InChI is InChI=1S/C12H17N3O2.ClH/c1-8(6-13)12(17)15-7-9-2-4-10(5-3-9)11(14)16;/h2-5,8H,6-7,13H2,1H3,(H2,14,16)(H,15,17);1H. The summed E-state index contributed by atoms with van der Waals surface area (Å²) in [5.74, 6) is -0.733. The maximum Gasteiger partial charge on any atom is 0.248 e. The summed E-state index contributed by atoms with van der Waals surface area (Å²) in [7, 11) is 0. The molecule has 0 fully saturated rings. The molecule has 5 N–H and O–H groups in total. The number of hydrogen-bond donors (Lipinski definition) is 3. The molecule has 0 spiro atoms.